The molecule has 0 spiro atoms. The molecule has 0 aliphatic rings. The maximum atomic E-state index is 14.3. The fourth-order valence-electron chi connectivity index (χ4n) is 3.77. The molecular formula is C24H20FN5O7S. The lowest BCUT2D eigenvalue weighted by Gasteiger charge is -2.11. The van der Waals surface area contributed by atoms with Gasteiger partial charge in [-0.25, -0.2) is 15.1 Å². The van der Waals surface area contributed by atoms with Crippen molar-refractivity contribution in [2.45, 2.75) is 18.7 Å². The molecule has 14 heteroatoms. The number of nitro benzene ring substituents is 1. The van der Waals surface area contributed by atoms with Gasteiger partial charge in [0.15, 0.2) is 5.82 Å². The monoisotopic (exact) mass is 541 g/mol. The van der Waals surface area contributed by atoms with Gasteiger partial charge in [0.05, 0.1) is 10.6 Å². The molecule has 0 aromatic heterocycles. The zero-order valence-electron chi connectivity index (χ0n) is 19.8. The highest BCUT2D eigenvalue weighted by Gasteiger charge is 2.21. The Morgan fingerprint density at radius 3 is 2.34 bits per heavy atom. The van der Waals surface area contributed by atoms with Crippen molar-refractivity contribution in [3.05, 3.63) is 87.7 Å². The van der Waals surface area contributed by atoms with Crippen LogP contribution in [0.2, 0.25) is 0 Å². The Morgan fingerprint density at radius 1 is 0.947 bits per heavy atom. The average molecular weight is 542 g/mol. The fourth-order valence-corrected chi connectivity index (χ4v) is 4.42. The number of hydrogen-bond acceptors (Lipinski definition) is 10. The largest absolute Gasteiger partial charge is 0.350 e. The van der Waals surface area contributed by atoms with Gasteiger partial charge in [0.1, 0.15) is 22.0 Å². The summed E-state index contributed by atoms with van der Waals surface area (Å²) in [5, 5.41) is 32.5. The Balaban J connectivity index is 1.75. The predicted molar refractivity (Wildman–Crippen MR) is 138 cm³/mol. The minimum Gasteiger partial charge on any atom is -0.350 e. The summed E-state index contributed by atoms with van der Waals surface area (Å²) in [5.74, 6) is -1.02. The van der Waals surface area contributed by atoms with Crippen molar-refractivity contribution >= 4 is 55.0 Å². The SMILES string of the molecule is Cc1ccc2c(C)ccc(N=Nc3ccc(Nc4cc(F)c(NOO)cc4[N+](=O)[O-])cc3S(=O)(=O)O)c2c1. The number of aryl methyl sites for hydroxylation is 2. The first kappa shape index (κ1) is 26.6. The summed E-state index contributed by atoms with van der Waals surface area (Å²) in [6.07, 6.45) is 0. The highest BCUT2D eigenvalue weighted by molar-refractivity contribution is 7.86. The Labute approximate surface area is 215 Å². The summed E-state index contributed by atoms with van der Waals surface area (Å²) in [5.41, 5.74) is 2.54. The van der Waals surface area contributed by atoms with E-state index in [1.807, 2.05) is 38.1 Å². The second-order valence-corrected chi connectivity index (χ2v) is 9.62. The molecule has 4 aromatic carbocycles. The van der Waals surface area contributed by atoms with Gasteiger partial charge in [0.25, 0.3) is 15.8 Å². The van der Waals surface area contributed by atoms with E-state index in [0.717, 1.165) is 40.1 Å². The van der Waals surface area contributed by atoms with Gasteiger partial charge >= 0.3 is 0 Å². The fraction of sp³-hybridized carbons (Fsp3) is 0.0833. The molecule has 0 saturated heterocycles. The number of fused-ring (bicyclic) bond motifs is 1. The number of halogens is 1. The maximum Gasteiger partial charge on any atom is 0.296 e. The third kappa shape index (κ3) is 5.57. The number of nitro groups is 1. The van der Waals surface area contributed by atoms with Crippen LogP contribution in [-0.2, 0) is 15.1 Å². The van der Waals surface area contributed by atoms with E-state index in [1.54, 1.807) is 11.5 Å². The highest BCUT2D eigenvalue weighted by atomic mass is 32.2. The summed E-state index contributed by atoms with van der Waals surface area (Å²) < 4.78 is 48.3. The first-order valence-electron chi connectivity index (χ1n) is 10.8. The van der Waals surface area contributed by atoms with Crippen molar-refractivity contribution in [2.24, 2.45) is 10.2 Å². The third-order valence-electron chi connectivity index (χ3n) is 5.59. The van der Waals surface area contributed by atoms with Gasteiger partial charge in [-0.3, -0.25) is 14.7 Å². The Kier molecular flexibility index (Phi) is 7.32. The first-order valence-corrected chi connectivity index (χ1v) is 12.3. The molecule has 4 aromatic rings. The second-order valence-electron chi connectivity index (χ2n) is 8.23. The van der Waals surface area contributed by atoms with Crippen molar-refractivity contribution in [1.82, 2.24) is 0 Å². The minimum atomic E-state index is -4.81. The van der Waals surface area contributed by atoms with Crippen LogP contribution in [0.4, 0.5) is 38.5 Å². The van der Waals surface area contributed by atoms with Gasteiger partial charge in [-0.05, 0) is 55.1 Å². The van der Waals surface area contributed by atoms with Gasteiger partial charge in [0, 0.05) is 23.2 Å². The topological polar surface area (TPSA) is 176 Å². The smallest absolute Gasteiger partial charge is 0.296 e. The Bertz CT molecular complexity index is 1710. The molecular weight excluding hydrogens is 521 g/mol. The number of hydrogen-bond donors (Lipinski definition) is 4. The minimum absolute atomic E-state index is 0.0328. The van der Waals surface area contributed by atoms with Crippen molar-refractivity contribution < 1.29 is 32.5 Å². The zero-order valence-corrected chi connectivity index (χ0v) is 20.7. The Morgan fingerprint density at radius 2 is 1.66 bits per heavy atom. The van der Waals surface area contributed by atoms with Crippen LogP contribution >= 0.6 is 0 Å². The van der Waals surface area contributed by atoms with Crippen LogP contribution in [0.3, 0.4) is 0 Å². The zero-order chi connectivity index (χ0) is 27.6. The molecule has 0 aliphatic heterocycles. The van der Waals surface area contributed by atoms with Crippen molar-refractivity contribution in [2.75, 3.05) is 10.8 Å². The number of benzene rings is 4. The van der Waals surface area contributed by atoms with Crippen molar-refractivity contribution in [3.8, 4) is 0 Å². The molecule has 0 fully saturated rings. The molecule has 0 radical (unpaired) electrons. The summed E-state index contributed by atoms with van der Waals surface area (Å²) in [4.78, 5) is 13.6. The normalized spacial score (nSPS) is 11.7. The summed E-state index contributed by atoms with van der Waals surface area (Å²) in [6.45, 7) is 3.87. The quantitative estimate of drug-likeness (QED) is 0.0619. The van der Waals surface area contributed by atoms with E-state index < -0.39 is 37.1 Å². The van der Waals surface area contributed by atoms with Crippen LogP contribution in [0.1, 0.15) is 11.1 Å². The molecule has 4 N–H and O–H groups in total. The maximum absolute atomic E-state index is 14.3. The number of rotatable bonds is 8. The molecule has 0 bridgehead atoms. The van der Waals surface area contributed by atoms with Crippen LogP contribution in [0.15, 0.2) is 75.8 Å². The molecule has 38 heavy (non-hydrogen) atoms. The van der Waals surface area contributed by atoms with Crippen LogP contribution in [0.25, 0.3) is 10.8 Å². The van der Waals surface area contributed by atoms with Crippen LogP contribution < -0.4 is 10.8 Å². The van der Waals surface area contributed by atoms with E-state index in [-0.39, 0.29) is 17.1 Å². The number of nitrogens with zero attached hydrogens (tertiary/aromatic N) is 3. The van der Waals surface area contributed by atoms with E-state index in [4.69, 9.17) is 5.26 Å². The van der Waals surface area contributed by atoms with Crippen molar-refractivity contribution in [1.29, 1.82) is 0 Å². The lowest BCUT2D eigenvalue weighted by molar-refractivity contribution is -0.383. The lowest BCUT2D eigenvalue weighted by atomic mass is 10.0. The molecule has 196 valence electrons. The summed E-state index contributed by atoms with van der Waals surface area (Å²) >= 11 is 0. The standard InChI is InChI=1S/C24H20FN5O7S/c1-13-3-6-16-14(2)4-7-19(17(16)9-13)27-28-20-8-5-15(10-24(20)38(34,35)36)26-22-11-18(25)21(29-37-33)12-23(22)30(31)32/h3-12,26,29,33H,1-2H3,(H,34,35,36). The van der Waals surface area contributed by atoms with Gasteiger partial charge in [0.2, 0.25) is 0 Å². The molecule has 0 amide bonds. The molecule has 0 unspecified atom stereocenters. The van der Waals surface area contributed by atoms with Gasteiger partial charge in [-0.2, -0.15) is 8.42 Å². The lowest BCUT2D eigenvalue weighted by Crippen LogP contribution is -2.04. The summed E-state index contributed by atoms with van der Waals surface area (Å²) in [7, 11) is -4.81. The van der Waals surface area contributed by atoms with Gasteiger partial charge in [-0.15, -0.1) is 15.2 Å². The molecule has 0 saturated carbocycles. The molecule has 4 rings (SSSR count). The van der Waals surface area contributed by atoms with E-state index in [9.17, 15) is 27.5 Å². The van der Waals surface area contributed by atoms with Crippen LogP contribution in [-0.4, -0.2) is 23.2 Å². The number of nitrogens with one attached hydrogen (secondary N) is 2. The number of azo groups is 1. The van der Waals surface area contributed by atoms with E-state index in [2.05, 4.69) is 20.5 Å². The third-order valence-corrected chi connectivity index (χ3v) is 6.47. The first-order chi connectivity index (χ1) is 18.0. The average Bonchev–Trinajstić information content (AvgIpc) is 2.85. The highest BCUT2D eigenvalue weighted by Crippen LogP contribution is 2.36. The Hall–Kier alpha value is -4.50. The molecule has 0 heterocycles. The van der Waals surface area contributed by atoms with Gasteiger partial charge in [-0.1, -0.05) is 23.8 Å². The molecule has 0 atom stereocenters. The van der Waals surface area contributed by atoms with E-state index in [1.165, 1.54) is 12.1 Å². The molecule has 0 aliphatic carbocycles. The summed E-state index contributed by atoms with van der Waals surface area (Å²) in [6, 6.07) is 14.4. The van der Waals surface area contributed by atoms with Crippen LogP contribution in [0, 0.1) is 29.8 Å². The predicted octanol–water partition coefficient (Wildman–Crippen LogP) is 6.73. The van der Waals surface area contributed by atoms with Crippen molar-refractivity contribution in [3.63, 3.8) is 0 Å². The number of anilines is 3. The van der Waals surface area contributed by atoms with E-state index in [0.29, 0.717) is 5.69 Å². The van der Waals surface area contributed by atoms with Gasteiger partial charge < -0.3 is 5.32 Å². The second kappa shape index (κ2) is 10.5. The van der Waals surface area contributed by atoms with Crippen LogP contribution in [0.5, 0.6) is 0 Å². The molecule has 12 nitrogen and oxygen atoms in total. The van der Waals surface area contributed by atoms with E-state index >= 15 is 0 Å².